The highest BCUT2D eigenvalue weighted by Crippen LogP contribution is 2.19. The van der Waals surface area contributed by atoms with Crippen molar-refractivity contribution in [3.8, 4) is 0 Å². The molecule has 122 valence electrons. The Morgan fingerprint density at radius 1 is 1.04 bits per heavy atom. The first kappa shape index (κ1) is 16.0. The first-order chi connectivity index (χ1) is 11.7. The van der Waals surface area contributed by atoms with Crippen molar-refractivity contribution in [3.05, 3.63) is 78.1 Å². The van der Waals surface area contributed by atoms with Crippen molar-refractivity contribution >= 4 is 16.8 Å². The van der Waals surface area contributed by atoms with Gasteiger partial charge in [-0.15, -0.1) is 0 Å². The van der Waals surface area contributed by atoms with Gasteiger partial charge >= 0.3 is 6.03 Å². The Balaban J connectivity index is 1.52. The monoisotopic (exact) mass is 321 g/mol. The van der Waals surface area contributed by atoms with Gasteiger partial charge in [-0.3, -0.25) is 4.98 Å². The molecule has 0 saturated heterocycles. The van der Waals surface area contributed by atoms with Crippen molar-refractivity contribution in [2.24, 2.45) is 0 Å². The second kappa shape index (κ2) is 7.57. The summed E-state index contributed by atoms with van der Waals surface area (Å²) in [5.41, 5.74) is 1.70. The molecule has 0 saturated carbocycles. The number of urea groups is 1. The van der Waals surface area contributed by atoms with E-state index in [9.17, 15) is 9.90 Å². The van der Waals surface area contributed by atoms with E-state index < -0.39 is 6.10 Å². The van der Waals surface area contributed by atoms with Crippen molar-refractivity contribution in [3.63, 3.8) is 0 Å². The molecule has 1 heterocycles. The maximum Gasteiger partial charge on any atom is 0.315 e. The second-order valence-corrected chi connectivity index (χ2v) is 5.55. The maximum atomic E-state index is 11.8. The number of amides is 2. The maximum absolute atomic E-state index is 11.8. The number of aliphatic hydroxyl groups excluding tert-OH is 1. The van der Waals surface area contributed by atoms with Crippen molar-refractivity contribution in [1.29, 1.82) is 0 Å². The lowest BCUT2D eigenvalue weighted by molar-refractivity contribution is 0.173. The number of hydrogen-bond acceptors (Lipinski definition) is 3. The fraction of sp³-hybridized carbons (Fsp3) is 0.158. The van der Waals surface area contributed by atoms with Gasteiger partial charge in [0, 0.05) is 25.5 Å². The number of nitrogens with one attached hydrogen (secondary N) is 2. The van der Waals surface area contributed by atoms with Gasteiger partial charge in [0.2, 0.25) is 0 Å². The van der Waals surface area contributed by atoms with Gasteiger partial charge in [-0.05, 0) is 34.0 Å². The van der Waals surface area contributed by atoms with Gasteiger partial charge in [-0.2, -0.15) is 0 Å². The van der Waals surface area contributed by atoms with Crippen molar-refractivity contribution in [1.82, 2.24) is 15.6 Å². The van der Waals surface area contributed by atoms with Gasteiger partial charge in [-0.1, -0.05) is 42.5 Å². The first-order valence-electron chi connectivity index (χ1n) is 7.80. The molecule has 1 aromatic heterocycles. The van der Waals surface area contributed by atoms with E-state index in [2.05, 4.69) is 15.6 Å². The zero-order valence-electron chi connectivity index (χ0n) is 13.1. The molecule has 0 bridgehead atoms. The predicted octanol–water partition coefficient (Wildman–Crippen LogP) is 2.77. The molecule has 0 spiro atoms. The molecule has 0 fully saturated rings. The first-order valence-corrected chi connectivity index (χ1v) is 7.80. The number of benzene rings is 2. The zero-order valence-corrected chi connectivity index (χ0v) is 13.1. The molecule has 0 aliphatic rings. The summed E-state index contributed by atoms with van der Waals surface area (Å²) in [7, 11) is 0. The molecule has 2 amide bonds. The lowest BCUT2D eigenvalue weighted by Gasteiger charge is -2.13. The number of aromatic nitrogens is 1. The fourth-order valence-corrected chi connectivity index (χ4v) is 2.47. The molecular formula is C19H19N3O2. The van der Waals surface area contributed by atoms with E-state index in [1.807, 2.05) is 54.6 Å². The standard InChI is InChI=1S/C19H19N3O2/c23-18(17-8-7-15-5-1-2-6-16(15)10-17)13-22-19(24)21-12-14-4-3-9-20-11-14/h1-11,18,23H,12-13H2,(H2,21,22,24)/t18-/m1/s1. The van der Waals surface area contributed by atoms with Crippen molar-refractivity contribution < 1.29 is 9.90 Å². The van der Waals surface area contributed by atoms with Crippen LogP contribution in [0.25, 0.3) is 10.8 Å². The van der Waals surface area contributed by atoms with Gasteiger partial charge in [-0.25, -0.2) is 4.79 Å². The highest BCUT2D eigenvalue weighted by atomic mass is 16.3. The third-order valence-corrected chi connectivity index (χ3v) is 3.79. The van der Waals surface area contributed by atoms with E-state index in [-0.39, 0.29) is 12.6 Å². The Bertz CT molecular complexity index is 821. The minimum absolute atomic E-state index is 0.150. The number of hydrogen-bond donors (Lipinski definition) is 3. The van der Waals surface area contributed by atoms with Gasteiger partial charge in [0.05, 0.1) is 6.10 Å². The highest BCUT2D eigenvalue weighted by molar-refractivity contribution is 5.83. The van der Waals surface area contributed by atoms with Crippen LogP contribution in [0.2, 0.25) is 0 Å². The third kappa shape index (κ3) is 4.08. The van der Waals surface area contributed by atoms with E-state index in [4.69, 9.17) is 0 Å². The van der Waals surface area contributed by atoms with E-state index in [1.54, 1.807) is 12.4 Å². The van der Waals surface area contributed by atoms with Crippen LogP contribution in [0.3, 0.4) is 0 Å². The summed E-state index contributed by atoms with van der Waals surface area (Å²) < 4.78 is 0. The fourth-order valence-electron chi connectivity index (χ4n) is 2.47. The smallest absolute Gasteiger partial charge is 0.315 e. The molecule has 3 aromatic rings. The van der Waals surface area contributed by atoms with Crippen LogP contribution >= 0.6 is 0 Å². The minimum Gasteiger partial charge on any atom is -0.387 e. The molecular weight excluding hydrogens is 302 g/mol. The molecule has 3 N–H and O–H groups in total. The van der Waals surface area contributed by atoms with Gasteiger partial charge in [0.15, 0.2) is 0 Å². The second-order valence-electron chi connectivity index (χ2n) is 5.55. The van der Waals surface area contributed by atoms with Gasteiger partial charge in [0.25, 0.3) is 0 Å². The molecule has 5 nitrogen and oxygen atoms in total. The number of fused-ring (bicyclic) bond motifs is 1. The van der Waals surface area contributed by atoms with E-state index >= 15 is 0 Å². The summed E-state index contributed by atoms with van der Waals surface area (Å²) in [6, 6.07) is 17.1. The summed E-state index contributed by atoms with van der Waals surface area (Å²) in [6.45, 7) is 0.545. The molecule has 2 aromatic carbocycles. The van der Waals surface area contributed by atoms with Crippen LogP contribution in [-0.2, 0) is 6.54 Å². The van der Waals surface area contributed by atoms with Gasteiger partial charge in [0.1, 0.15) is 0 Å². The SMILES string of the molecule is O=C(NCc1cccnc1)NC[C@@H](O)c1ccc2ccccc2c1. The van der Waals surface area contributed by atoms with Crippen LogP contribution < -0.4 is 10.6 Å². The summed E-state index contributed by atoms with van der Waals surface area (Å²) in [6.07, 6.45) is 2.63. The Hall–Kier alpha value is -2.92. The third-order valence-electron chi connectivity index (χ3n) is 3.79. The Morgan fingerprint density at radius 3 is 2.67 bits per heavy atom. The number of aliphatic hydroxyl groups is 1. The van der Waals surface area contributed by atoms with Crippen molar-refractivity contribution in [2.75, 3.05) is 6.54 Å². The van der Waals surface area contributed by atoms with Gasteiger partial charge < -0.3 is 15.7 Å². The number of carbonyl (C=O) groups excluding carboxylic acids is 1. The molecule has 0 aliphatic carbocycles. The minimum atomic E-state index is -0.751. The normalized spacial score (nSPS) is 11.9. The van der Waals surface area contributed by atoms with Crippen LogP contribution in [0.4, 0.5) is 4.79 Å². The van der Waals surface area contributed by atoms with Crippen LogP contribution in [-0.4, -0.2) is 22.7 Å². The summed E-state index contributed by atoms with van der Waals surface area (Å²) in [5.74, 6) is 0. The molecule has 0 radical (unpaired) electrons. The lowest BCUT2D eigenvalue weighted by Crippen LogP contribution is -2.37. The molecule has 3 rings (SSSR count). The number of carbonyl (C=O) groups is 1. The molecule has 5 heteroatoms. The lowest BCUT2D eigenvalue weighted by atomic mass is 10.0. The Labute approximate surface area is 140 Å². The van der Waals surface area contributed by atoms with Crippen LogP contribution in [0, 0.1) is 0 Å². The molecule has 24 heavy (non-hydrogen) atoms. The molecule has 0 aliphatic heterocycles. The average molecular weight is 321 g/mol. The van der Waals surface area contributed by atoms with E-state index in [0.29, 0.717) is 6.54 Å². The summed E-state index contributed by atoms with van der Waals surface area (Å²) in [5, 5.41) is 17.9. The molecule has 0 unspecified atom stereocenters. The topological polar surface area (TPSA) is 74.2 Å². The molecule has 1 atom stereocenters. The number of pyridine rings is 1. The number of nitrogens with zero attached hydrogens (tertiary/aromatic N) is 1. The van der Waals surface area contributed by atoms with Crippen LogP contribution in [0.1, 0.15) is 17.2 Å². The average Bonchev–Trinajstić information content (AvgIpc) is 2.65. The van der Waals surface area contributed by atoms with E-state index in [1.165, 1.54) is 0 Å². The summed E-state index contributed by atoms with van der Waals surface area (Å²) in [4.78, 5) is 15.8. The quantitative estimate of drug-likeness (QED) is 0.676. The number of rotatable bonds is 5. The highest BCUT2D eigenvalue weighted by Gasteiger charge is 2.10. The van der Waals surface area contributed by atoms with Crippen LogP contribution in [0.15, 0.2) is 67.0 Å². The predicted molar refractivity (Wildman–Crippen MR) is 93.4 cm³/mol. The van der Waals surface area contributed by atoms with Crippen molar-refractivity contribution in [2.45, 2.75) is 12.6 Å². The van der Waals surface area contributed by atoms with Crippen LogP contribution in [0.5, 0.6) is 0 Å². The van der Waals surface area contributed by atoms with E-state index in [0.717, 1.165) is 21.9 Å². The summed E-state index contributed by atoms with van der Waals surface area (Å²) >= 11 is 0. The zero-order chi connectivity index (χ0) is 16.8. The largest absolute Gasteiger partial charge is 0.387 e. The Morgan fingerprint density at radius 2 is 1.88 bits per heavy atom. The Kier molecular flexibility index (Phi) is 5.03.